The monoisotopic (exact) mass is 992 g/mol. The molecule has 366 valence electrons. The van der Waals surface area contributed by atoms with Gasteiger partial charge in [-0.05, 0) is 63.6 Å². The molecule has 4 amide bonds. The summed E-state index contributed by atoms with van der Waals surface area (Å²) in [5, 5.41) is 23.1. The lowest BCUT2D eigenvalue weighted by molar-refractivity contribution is -0.145. The number of nitrogens with zero attached hydrogens (tertiary/aromatic N) is 7. The maximum atomic E-state index is 13.1. The second-order valence-corrected chi connectivity index (χ2v) is 18.1. The molecule has 0 radical (unpaired) electrons. The number of carbonyl (C=O) groups excluding carboxylic acids is 5. The minimum Gasteiger partial charge on any atom is -0.491 e. The first-order valence-corrected chi connectivity index (χ1v) is 24.2. The second kappa shape index (κ2) is 23.2. The van der Waals surface area contributed by atoms with Crippen LogP contribution >= 0.6 is 22.9 Å². The third-order valence-electron chi connectivity index (χ3n) is 11.8. The van der Waals surface area contributed by atoms with E-state index in [4.69, 9.17) is 35.5 Å². The van der Waals surface area contributed by atoms with Crippen molar-refractivity contribution in [3.8, 4) is 22.6 Å². The maximum absolute atomic E-state index is 13.1. The Bertz CT molecular complexity index is 2850. The number of hydrogen-bond acceptors (Lipinski definition) is 15. The van der Waals surface area contributed by atoms with Crippen LogP contribution in [0.1, 0.15) is 92.8 Å². The standard InChI is InChI=1S/C49H53ClN10O9S/c1-30-40(70-49-44(30)45(33-10-12-34(50)13-11-33)54-37(26-42(62)52-18-17-51-3)46-57-56-31(2)60(46)49)15-9-32-27-53-58(28-32)19-5-8-43(63)69-25-23-67-21-20-66-22-24-68-39-7-4-6-35-36(39)29-59(48(35)65)38-14-16-41(61)55-47(38)64/h4,6-7,10-13,27-28,37-38,51H,5,8,14,16-26,29H2,1-3H3,(H,52,62)(H,55,61,64)/t37-,38?/m0/s1. The zero-order valence-electron chi connectivity index (χ0n) is 39.0. The van der Waals surface area contributed by atoms with E-state index in [1.807, 2.05) is 55.9 Å². The fourth-order valence-corrected chi connectivity index (χ4v) is 9.64. The highest BCUT2D eigenvalue weighted by Gasteiger charge is 2.40. The smallest absolute Gasteiger partial charge is 0.305 e. The van der Waals surface area contributed by atoms with Crippen molar-refractivity contribution in [2.75, 3.05) is 59.8 Å². The van der Waals surface area contributed by atoms with Crippen LogP contribution in [0.15, 0.2) is 59.9 Å². The fourth-order valence-electron chi connectivity index (χ4n) is 8.29. The van der Waals surface area contributed by atoms with Crippen molar-refractivity contribution >= 4 is 58.2 Å². The van der Waals surface area contributed by atoms with E-state index < -0.39 is 18.0 Å². The van der Waals surface area contributed by atoms with Gasteiger partial charge in [0.25, 0.3) is 5.91 Å². The van der Waals surface area contributed by atoms with Crippen LogP contribution in [0, 0.1) is 25.7 Å². The highest BCUT2D eigenvalue weighted by molar-refractivity contribution is 7.15. The van der Waals surface area contributed by atoms with Gasteiger partial charge in [0, 0.05) is 65.9 Å². The van der Waals surface area contributed by atoms with Crippen LogP contribution in [0.4, 0.5) is 0 Å². The number of aryl methyl sites for hydroxylation is 2. The van der Waals surface area contributed by atoms with Crippen molar-refractivity contribution < 1.29 is 42.9 Å². The van der Waals surface area contributed by atoms with Crippen molar-refractivity contribution in [1.29, 1.82) is 0 Å². The second-order valence-electron chi connectivity index (χ2n) is 16.7. The molecule has 1 saturated heterocycles. The van der Waals surface area contributed by atoms with Crippen LogP contribution in [0.2, 0.25) is 5.02 Å². The van der Waals surface area contributed by atoms with Gasteiger partial charge in [-0.15, -0.1) is 21.5 Å². The van der Waals surface area contributed by atoms with Gasteiger partial charge in [0.1, 0.15) is 41.9 Å². The summed E-state index contributed by atoms with van der Waals surface area (Å²) >= 11 is 7.80. The van der Waals surface area contributed by atoms with E-state index in [0.29, 0.717) is 84.1 Å². The number of fused-ring (bicyclic) bond motifs is 4. The van der Waals surface area contributed by atoms with Gasteiger partial charge < -0.3 is 34.5 Å². The van der Waals surface area contributed by atoms with Gasteiger partial charge in [-0.2, -0.15) is 5.10 Å². The SMILES string of the molecule is CNCCNC(=O)C[C@@H]1N=C(c2ccc(Cl)cc2)c2c(sc(C#Cc3cnn(CCCC(=O)OCCOCCOCCOc4cccc5c4CN(C4CCC(=O)NC4=O)C5=O)c3)c2C)-n2c(C)nnc21. The molecule has 5 aromatic rings. The number of esters is 1. The molecule has 3 N–H and O–H groups in total. The minimum absolute atomic E-state index is 0.0985. The largest absolute Gasteiger partial charge is 0.491 e. The molecule has 2 atom stereocenters. The van der Waals surface area contributed by atoms with Crippen molar-refractivity contribution in [3.05, 3.63) is 110 Å². The van der Waals surface area contributed by atoms with Gasteiger partial charge in [-0.3, -0.25) is 43.5 Å². The summed E-state index contributed by atoms with van der Waals surface area (Å²) in [6.45, 7) is 7.22. The summed E-state index contributed by atoms with van der Waals surface area (Å²) in [4.78, 5) is 70.0. The molecule has 2 aromatic carbocycles. The average Bonchev–Trinajstić information content (AvgIpc) is 4.11. The Hall–Kier alpha value is -6.76. The van der Waals surface area contributed by atoms with E-state index >= 15 is 0 Å². The Morgan fingerprint density at radius 2 is 1.76 bits per heavy atom. The fraction of sp³-hybridized carbons (Fsp3) is 0.408. The summed E-state index contributed by atoms with van der Waals surface area (Å²) in [6.07, 6.45) is 4.84. The number of imide groups is 1. The van der Waals surface area contributed by atoms with Crippen LogP contribution in [-0.4, -0.2) is 131 Å². The number of amides is 4. The molecular weight excluding hydrogens is 940 g/mol. The molecule has 0 aliphatic carbocycles. The van der Waals surface area contributed by atoms with Crippen molar-refractivity contribution in [1.82, 2.24) is 45.4 Å². The molecule has 8 rings (SSSR count). The number of thiophene rings is 1. The molecule has 3 aliphatic heterocycles. The van der Waals surface area contributed by atoms with Crippen LogP contribution < -0.4 is 20.7 Å². The normalized spacial score (nSPS) is 16.1. The summed E-state index contributed by atoms with van der Waals surface area (Å²) in [6, 6.07) is 11.4. The lowest BCUT2D eigenvalue weighted by Crippen LogP contribution is -2.52. The quantitative estimate of drug-likeness (QED) is 0.0410. The van der Waals surface area contributed by atoms with Gasteiger partial charge in [0.15, 0.2) is 5.82 Å². The Balaban J connectivity index is 0.761. The van der Waals surface area contributed by atoms with E-state index in [1.54, 1.807) is 29.1 Å². The number of carbonyl (C=O) groups is 5. The number of hydrogen-bond donors (Lipinski definition) is 3. The average molecular weight is 994 g/mol. The van der Waals surface area contributed by atoms with Gasteiger partial charge in [0.05, 0.1) is 61.7 Å². The maximum Gasteiger partial charge on any atom is 0.305 e. The molecule has 0 saturated carbocycles. The van der Waals surface area contributed by atoms with Crippen LogP contribution in [0.5, 0.6) is 5.75 Å². The number of rotatable bonds is 21. The zero-order chi connectivity index (χ0) is 49.1. The number of benzene rings is 2. The molecule has 3 aliphatic rings. The molecule has 1 unspecified atom stereocenters. The van der Waals surface area contributed by atoms with Crippen molar-refractivity contribution in [2.45, 2.75) is 71.1 Å². The van der Waals surface area contributed by atoms with Crippen LogP contribution in [0.3, 0.4) is 0 Å². The van der Waals surface area contributed by atoms with E-state index in [1.165, 1.54) is 16.2 Å². The van der Waals surface area contributed by atoms with Gasteiger partial charge in [-0.1, -0.05) is 41.6 Å². The Labute approximate surface area is 413 Å². The predicted octanol–water partition coefficient (Wildman–Crippen LogP) is 4.01. The summed E-state index contributed by atoms with van der Waals surface area (Å²) in [5.41, 5.74) is 5.28. The molecule has 70 heavy (non-hydrogen) atoms. The Kier molecular flexibility index (Phi) is 16.5. The first kappa shape index (κ1) is 49.7. The number of aromatic nitrogens is 5. The minimum atomic E-state index is -0.697. The third-order valence-corrected chi connectivity index (χ3v) is 13.2. The zero-order valence-corrected chi connectivity index (χ0v) is 40.6. The van der Waals surface area contributed by atoms with Gasteiger partial charge >= 0.3 is 5.97 Å². The number of aliphatic imine (C=N–C) groups is 1. The molecule has 0 spiro atoms. The van der Waals surface area contributed by atoms with Gasteiger partial charge in [0.2, 0.25) is 17.7 Å². The topological polar surface area (TPSA) is 222 Å². The first-order chi connectivity index (χ1) is 34.0. The molecule has 21 heteroatoms. The van der Waals surface area contributed by atoms with Crippen LogP contribution in [0.25, 0.3) is 5.00 Å². The van der Waals surface area contributed by atoms with Gasteiger partial charge in [-0.25, -0.2) is 0 Å². The summed E-state index contributed by atoms with van der Waals surface area (Å²) < 4.78 is 26.2. The van der Waals surface area contributed by atoms with Crippen molar-refractivity contribution in [2.24, 2.45) is 4.99 Å². The number of piperidine rings is 1. The molecular formula is C49H53ClN10O9S. The molecule has 19 nitrogen and oxygen atoms in total. The first-order valence-electron chi connectivity index (χ1n) is 23.0. The number of ether oxygens (including phenoxy) is 4. The van der Waals surface area contributed by atoms with E-state index in [-0.39, 0.29) is 82.3 Å². The number of nitrogens with one attached hydrogen (secondary N) is 3. The summed E-state index contributed by atoms with van der Waals surface area (Å²) in [7, 11) is 1.83. The summed E-state index contributed by atoms with van der Waals surface area (Å²) in [5.74, 6) is 6.88. The van der Waals surface area contributed by atoms with E-state index in [0.717, 1.165) is 26.6 Å². The van der Waals surface area contributed by atoms with Crippen molar-refractivity contribution in [3.63, 3.8) is 0 Å². The highest BCUT2D eigenvalue weighted by Crippen LogP contribution is 2.40. The molecule has 0 bridgehead atoms. The lowest BCUT2D eigenvalue weighted by Gasteiger charge is -2.29. The molecule has 1 fully saturated rings. The number of halogens is 1. The molecule has 3 aromatic heterocycles. The Morgan fingerprint density at radius 1 is 0.971 bits per heavy atom. The third kappa shape index (κ3) is 11.8. The predicted molar refractivity (Wildman–Crippen MR) is 258 cm³/mol. The van der Waals surface area contributed by atoms with E-state index in [2.05, 4.69) is 43.1 Å². The highest BCUT2D eigenvalue weighted by atomic mass is 35.5. The number of likely N-dealkylation sites (N-methyl/N-ethyl adjacent to an activating group) is 1. The van der Waals surface area contributed by atoms with Crippen LogP contribution in [-0.2, 0) is 46.5 Å². The lowest BCUT2D eigenvalue weighted by atomic mass is 9.99. The Morgan fingerprint density at radius 3 is 2.54 bits per heavy atom. The van der Waals surface area contributed by atoms with E-state index in [9.17, 15) is 24.0 Å². The molecule has 6 heterocycles.